The highest BCUT2D eigenvalue weighted by molar-refractivity contribution is 5.79. The molecule has 4 rings (SSSR count). The topological polar surface area (TPSA) is 46.9 Å². The summed E-state index contributed by atoms with van der Waals surface area (Å²) in [7, 11) is 0. The molecule has 0 saturated heterocycles. The van der Waals surface area contributed by atoms with E-state index in [-0.39, 0.29) is 18.1 Å². The highest BCUT2D eigenvalue weighted by Crippen LogP contribution is 2.23. The summed E-state index contributed by atoms with van der Waals surface area (Å²) < 4.78 is 15.6. The van der Waals surface area contributed by atoms with E-state index in [1.165, 1.54) is 6.07 Å². The van der Waals surface area contributed by atoms with Crippen LogP contribution in [0.4, 0.5) is 4.39 Å². The zero-order chi connectivity index (χ0) is 20.1. The molecule has 0 unspecified atom stereocenters. The lowest BCUT2D eigenvalue weighted by atomic mass is 10.1. The first-order valence-corrected chi connectivity index (χ1v) is 9.40. The third-order valence-corrected chi connectivity index (χ3v) is 4.64. The number of nitrogens with one attached hydrogen (secondary N) is 1. The molecule has 0 aliphatic rings. The molecule has 1 heterocycles. The lowest BCUT2D eigenvalue weighted by Gasteiger charge is -2.06. The van der Waals surface area contributed by atoms with E-state index in [1.807, 2.05) is 66.9 Å². The summed E-state index contributed by atoms with van der Waals surface area (Å²) in [5.41, 5.74) is 3.99. The van der Waals surface area contributed by atoms with E-state index >= 15 is 0 Å². The molecule has 144 valence electrons. The lowest BCUT2D eigenvalue weighted by Crippen LogP contribution is -2.25. The summed E-state index contributed by atoms with van der Waals surface area (Å²) >= 11 is 0. The molecular formula is C24H20FN3O. The zero-order valence-electron chi connectivity index (χ0n) is 15.8. The van der Waals surface area contributed by atoms with Gasteiger partial charge in [0.1, 0.15) is 5.82 Å². The third-order valence-electron chi connectivity index (χ3n) is 4.64. The normalized spacial score (nSPS) is 10.7. The van der Waals surface area contributed by atoms with Gasteiger partial charge in [-0.25, -0.2) is 9.07 Å². The van der Waals surface area contributed by atoms with Crippen LogP contribution in [0.25, 0.3) is 16.9 Å². The summed E-state index contributed by atoms with van der Waals surface area (Å²) in [6.07, 6.45) is 1.92. The molecule has 0 aliphatic carbocycles. The van der Waals surface area contributed by atoms with Gasteiger partial charge in [-0.1, -0.05) is 66.7 Å². The number of hydrogen-bond acceptors (Lipinski definition) is 2. The fraction of sp³-hybridized carbons (Fsp3) is 0.0833. The fourth-order valence-corrected chi connectivity index (χ4v) is 3.16. The highest BCUT2D eigenvalue weighted by atomic mass is 19.1. The Bertz CT molecular complexity index is 1110. The van der Waals surface area contributed by atoms with Crippen molar-refractivity contribution in [2.45, 2.75) is 13.0 Å². The van der Waals surface area contributed by atoms with Crippen LogP contribution in [0.1, 0.15) is 11.1 Å². The molecule has 1 aromatic heterocycles. The van der Waals surface area contributed by atoms with Crippen LogP contribution in [0.5, 0.6) is 0 Å². The average Bonchev–Trinajstić information content (AvgIpc) is 3.20. The van der Waals surface area contributed by atoms with Crippen molar-refractivity contribution in [3.8, 4) is 16.9 Å². The van der Waals surface area contributed by atoms with Crippen LogP contribution in [0.3, 0.4) is 0 Å². The van der Waals surface area contributed by atoms with Crippen molar-refractivity contribution in [2.24, 2.45) is 0 Å². The maximum atomic E-state index is 13.8. The lowest BCUT2D eigenvalue weighted by molar-refractivity contribution is -0.120. The smallest absolute Gasteiger partial charge is 0.224 e. The second-order valence-corrected chi connectivity index (χ2v) is 6.69. The molecule has 0 fully saturated rings. The van der Waals surface area contributed by atoms with Crippen LogP contribution < -0.4 is 5.32 Å². The van der Waals surface area contributed by atoms with Gasteiger partial charge in [-0.15, -0.1) is 0 Å². The van der Waals surface area contributed by atoms with E-state index in [1.54, 1.807) is 22.9 Å². The fourth-order valence-electron chi connectivity index (χ4n) is 3.16. The highest BCUT2D eigenvalue weighted by Gasteiger charge is 2.14. The molecule has 0 saturated carbocycles. The van der Waals surface area contributed by atoms with Gasteiger partial charge >= 0.3 is 0 Å². The van der Waals surface area contributed by atoms with E-state index in [4.69, 9.17) is 5.10 Å². The van der Waals surface area contributed by atoms with Crippen LogP contribution in [-0.4, -0.2) is 15.7 Å². The first kappa shape index (κ1) is 18.6. The Hall–Kier alpha value is -3.73. The predicted octanol–water partition coefficient (Wildman–Crippen LogP) is 4.54. The van der Waals surface area contributed by atoms with E-state index in [2.05, 4.69) is 5.32 Å². The van der Waals surface area contributed by atoms with Crippen molar-refractivity contribution in [3.05, 3.63) is 108 Å². The van der Waals surface area contributed by atoms with Crippen molar-refractivity contribution in [1.29, 1.82) is 0 Å². The minimum absolute atomic E-state index is 0.000165. The second kappa shape index (κ2) is 8.52. The molecule has 1 N–H and O–H groups in total. The number of carbonyl (C=O) groups is 1. The van der Waals surface area contributed by atoms with Crippen molar-refractivity contribution in [3.63, 3.8) is 0 Å². The molecule has 0 atom stereocenters. The third kappa shape index (κ3) is 4.41. The summed E-state index contributed by atoms with van der Waals surface area (Å²) in [5.74, 6) is -0.605. The molecule has 4 aromatic rings. The van der Waals surface area contributed by atoms with Crippen molar-refractivity contribution in [2.75, 3.05) is 0 Å². The number of aromatic nitrogens is 2. The van der Waals surface area contributed by atoms with E-state index in [9.17, 15) is 9.18 Å². The minimum Gasteiger partial charge on any atom is -0.352 e. The monoisotopic (exact) mass is 385 g/mol. The molecule has 4 nitrogen and oxygen atoms in total. The number of amides is 1. The van der Waals surface area contributed by atoms with E-state index in [0.717, 1.165) is 22.5 Å². The molecule has 0 spiro atoms. The van der Waals surface area contributed by atoms with Crippen molar-refractivity contribution >= 4 is 5.91 Å². The number of carbonyl (C=O) groups excluding carboxylic acids is 1. The maximum Gasteiger partial charge on any atom is 0.224 e. The largest absolute Gasteiger partial charge is 0.352 e. The van der Waals surface area contributed by atoms with Gasteiger partial charge in [0.05, 0.1) is 17.8 Å². The summed E-state index contributed by atoms with van der Waals surface area (Å²) in [4.78, 5) is 12.4. The van der Waals surface area contributed by atoms with Gasteiger partial charge in [0.2, 0.25) is 5.91 Å². The van der Waals surface area contributed by atoms with E-state index in [0.29, 0.717) is 12.1 Å². The number of halogens is 1. The van der Waals surface area contributed by atoms with Crippen molar-refractivity contribution < 1.29 is 9.18 Å². The molecule has 5 heteroatoms. The summed E-state index contributed by atoms with van der Waals surface area (Å²) in [6, 6.07) is 26.0. The number of nitrogens with zero attached hydrogens (tertiary/aromatic N) is 2. The standard InChI is InChI=1S/C24H20FN3O/c25-22-14-8-7-11-19(22)15-23(29)26-16-20-17-28(21-12-5-2-6-13-21)27-24(20)18-9-3-1-4-10-18/h1-14,17H,15-16H2,(H,26,29). The van der Waals surface area contributed by atoms with Crippen LogP contribution >= 0.6 is 0 Å². The summed E-state index contributed by atoms with van der Waals surface area (Å²) in [6.45, 7) is 0.310. The maximum absolute atomic E-state index is 13.8. The first-order valence-electron chi connectivity index (χ1n) is 9.40. The van der Waals surface area contributed by atoms with Gasteiger partial charge in [-0.3, -0.25) is 4.79 Å². The van der Waals surface area contributed by atoms with Gasteiger partial charge in [0, 0.05) is 23.9 Å². The quantitative estimate of drug-likeness (QED) is 0.530. The minimum atomic E-state index is -0.371. The van der Waals surface area contributed by atoms with Crippen LogP contribution in [-0.2, 0) is 17.8 Å². The average molecular weight is 385 g/mol. The molecular weight excluding hydrogens is 365 g/mol. The Morgan fingerprint density at radius 1 is 0.862 bits per heavy atom. The van der Waals surface area contributed by atoms with Gasteiger partial charge in [-0.05, 0) is 23.8 Å². The SMILES string of the molecule is O=C(Cc1ccccc1F)NCc1cn(-c2ccccc2)nc1-c1ccccc1. The Balaban J connectivity index is 1.56. The predicted molar refractivity (Wildman–Crippen MR) is 111 cm³/mol. The van der Waals surface area contributed by atoms with Crippen LogP contribution in [0.15, 0.2) is 91.1 Å². The number of hydrogen-bond donors (Lipinski definition) is 1. The Morgan fingerprint density at radius 3 is 2.24 bits per heavy atom. The molecule has 0 aliphatic heterocycles. The molecule has 29 heavy (non-hydrogen) atoms. The zero-order valence-corrected chi connectivity index (χ0v) is 15.8. The van der Waals surface area contributed by atoms with Crippen LogP contribution in [0, 0.1) is 5.82 Å². The Morgan fingerprint density at radius 2 is 1.52 bits per heavy atom. The van der Waals surface area contributed by atoms with E-state index < -0.39 is 0 Å². The van der Waals surface area contributed by atoms with Crippen molar-refractivity contribution in [1.82, 2.24) is 15.1 Å². The molecule has 3 aromatic carbocycles. The molecule has 1 amide bonds. The van der Waals surface area contributed by atoms with Gasteiger partial charge in [0.15, 0.2) is 0 Å². The Kier molecular flexibility index (Phi) is 5.47. The first-order chi connectivity index (χ1) is 14.2. The van der Waals surface area contributed by atoms with Gasteiger partial charge in [-0.2, -0.15) is 5.10 Å². The molecule has 0 radical (unpaired) electrons. The second-order valence-electron chi connectivity index (χ2n) is 6.69. The number of benzene rings is 3. The van der Waals surface area contributed by atoms with Crippen LogP contribution in [0.2, 0.25) is 0 Å². The number of para-hydroxylation sites is 1. The number of rotatable bonds is 6. The van der Waals surface area contributed by atoms with Gasteiger partial charge in [0.25, 0.3) is 0 Å². The summed E-state index contributed by atoms with van der Waals surface area (Å²) in [5, 5.41) is 7.62. The Labute approximate surface area is 168 Å². The van der Waals surface area contributed by atoms with Gasteiger partial charge < -0.3 is 5.32 Å². The molecule has 0 bridgehead atoms.